The summed E-state index contributed by atoms with van der Waals surface area (Å²) in [6.07, 6.45) is 0.932. The van der Waals surface area contributed by atoms with Crippen molar-refractivity contribution >= 4 is 16.0 Å². The third kappa shape index (κ3) is 5.02. The number of esters is 1. The zero-order valence-corrected chi connectivity index (χ0v) is 16.0. The molecule has 9 heteroatoms. The number of ether oxygens (including phenoxy) is 1. The topological polar surface area (TPSA) is 111 Å². The van der Waals surface area contributed by atoms with Gasteiger partial charge in [0.15, 0.2) is 6.61 Å². The van der Waals surface area contributed by atoms with Gasteiger partial charge in [0.05, 0.1) is 4.90 Å². The Labute approximate surface area is 162 Å². The van der Waals surface area contributed by atoms with E-state index in [0.29, 0.717) is 5.82 Å². The van der Waals surface area contributed by atoms with Crippen molar-refractivity contribution in [1.29, 1.82) is 0 Å². The molecule has 0 unspecified atom stereocenters. The fourth-order valence-corrected chi connectivity index (χ4v) is 3.34. The molecule has 28 heavy (non-hydrogen) atoms. The number of aromatic nitrogens is 2. The molecule has 3 aromatic rings. The normalized spacial score (nSPS) is 11.3. The zero-order valence-electron chi connectivity index (χ0n) is 15.2. The van der Waals surface area contributed by atoms with E-state index in [-0.39, 0.29) is 17.4 Å². The van der Waals surface area contributed by atoms with Crippen molar-refractivity contribution in [1.82, 2.24) is 14.9 Å². The minimum atomic E-state index is -3.78. The molecule has 0 aliphatic heterocycles. The van der Waals surface area contributed by atoms with Crippen LogP contribution in [-0.4, -0.2) is 31.1 Å². The molecule has 0 atom stereocenters. The summed E-state index contributed by atoms with van der Waals surface area (Å²) in [6, 6.07) is 15.5. The van der Waals surface area contributed by atoms with Crippen LogP contribution in [0.3, 0.4) is 0 Å². The predicted octanol–water partition coefficient (Wildman–Crippen LogP) is 2.32. The highest BCUT2D eigenvalue weighted by Gasteiger charge is 2.16. The quantitative estimate of drug-likeness (QED) is 0.577. The number of nitrogens with one attached hydrogen (secondary N) is 1. The maximum Gasteiger partial charge on any atom is 0.321 e. The molecule has 3 rings (SSSR count). The first-order valence-corrected chi connectivity index (χ1v) is 10.1. The third-order valence-corrected chi connectivity index (χ3v) is 5.32. The SMILES string of the molecule is CCc1ccc(-c2noc(COC(=O)CNS(=O)(=O)c3ccccc3)n2)cc1. The highest BCUT2D eigenvalue weighted by Crippen LogP contribution is 2.17. The molecule has 0 aliphatic carbocycles. The Bertz CT molecular complexity index is 1030. The smallest absolute Gasteiger partial charge is 0.321 e. The van der Waals surface area contributed by atoms with Gasteiger partial charge in [-0.15, -0.1) is 0 Å². The van der Waals surface area contributed by atoms with Gasteiger partial charge in [-0.25, -0.2) is 8.42 Å². The van der Waals surface area contributed by atoms with Crippen molar-refractivity contribution in [2.75, 3.05) is 6.54 Å². The lowest BCUT2D eigenvalue weighted by Crippen LogP contribution is -2.30. The van der Waals surface area contributed by atoms with E-state index < -0.39 is 22.5 Å². The van der Waals surface area contributed by atoms with Gasteiger partial charge in [0.1, 0.15) is 6.54 Å². The molecular weight excluding hydrogens is 382 g/mol. The summed E-state index contributed by atoms with van der Waals surface area (Å²) >= 11 is 0. The van der Waals surface area contributed by atoms with Crippen molar-refractivity contribution in [3.8, 4) is 11.4 Å². The Kier molecular flexibility index (Phi) is 6.17. The van der Waals surface area contributed by atoms with Gasteiger partial charge in [-0.05, 0) is 24.1 Å². The second-order valence-corrected chi connectivity index (χ2v) is 7.63. The second kappa shape index (κ2) is 8.77. The Morgan fingerprint density at radius 1 is 1.11 bits per heavy atom. The standard InChI is InChI=1S/C19H19N3O5S/c1-2-14-8-10-15(11-9-14)19-21-17(27-22-19)13-26-18(23)12-20-28(24,25)16-6-4-3-5-7-16/h3-11,20H,2,12-13H2,1H3. The third-order valence-electron chi connectivity index (χ3n) is 3.91. The number of carbonyl (C=O) groups is 1. The average molecular weight is 401 g/mol. The van der Waals surface area contributed by atoms with Crippen LogP contribution in [0, 0.1) is 0 Å². The number of aryl methyl sites for hydroxylation is 1. The van der Waals surface area contributed by atoms with Gasteiger partial charge in [0, 0.05) is 5.56 Å². The lowest BCUT2D eigenvalue weighted by molar-refractivity contribution is -0.144. The first-order valence-electron chi connectivity index (χ1n) is 8.60. The van der Waals surface area contributed by atoms with E-state index in [1.807, 2.05) is 24.3 Å². The van der Waals surface area contributed by atoms with Crippen LogP contribution in [0.25, 0.3) is 11.4 Å². The summed E-state index contributed by atoms with van der Waals surface area (Å²) in [5.41, 5.74) is 1.98. The van der Waals surface area contributed by atoms with Gasteiger partial charge >= 0.3 is 5.97 Å². The van der Waals surface area contributed by atoms with Gasteiger partial charge in [-0.1, -0.05) is 54.5 Å². The minimum absolute atomic E-state index is 0.0680. The van der Waals surface area contributed by atoms with E-state index >= 15 is 0 Å². The largest absolute Gasteiger partial charge is 0.455 e. The van der Waals surface area contributed by atoms with Crippen molar-refractivity contribution in [3.63, 3.8) is 0 Å². The Morgan fingerprint density at radius 2 is 1.82 bits per heavy atom. The Morgan fingerprint density at radius 3 is 2.50 bits per heavy atom. The van der Waals surface area contributed by atoms with Gasteiger partial charge in [-0.3, -0.25) is 4.79 Å². The van der Waals surface area contributed by atoms with Crippen LogP contribution in [0.1, 0.15) is 18.4 Å². The molecule has 8 nitrogen and oxygen atoms in total. The van der Waals surface area contributed by atoms with Crippen molar-refractivity contribution in [2.45, 2.75) is 24.8 Å². The molecule has 1 aromatic heterocycles. The van der Waals surface area contributed by atoms with E-state index in [0.717, 1.165) is 12.0 Å². The Hall–Kier alpha value is -3.04. The number of carbonyl (C=O) groups excluding carboxylic acids is 1. The molecule has 1 heterocycles. The van der Waals surface area contributed by atoms with Gasteiger partial charge in [0.2, 0.25) is 15.8 Å². The van der Waals surface area contributed by atoms with Crippen molar-refractivity contribution in [2.24, 2.45) is 0 Å². The molecule has 0 spiro atoms. The highest BCUT2D eigenvalue weighted by atomic mass is 32.2. The average Bonchev–Trinajstić information content (AvgIpc) is 3.20. The molecule has 0 saturated carbocycles. The van der Waals surface area contributed by atoms with E-state index in [1.165, 1.54) is 17.7 Å². The predicted molar refractivity (Wildman–Crippen MR) is 101 cm³/mol. The fraction of sp³-hybridized carbons (Fsp3) is 0.211. The van der Waals surface area contributed by atoms with Gasteiger partial charge in [-0.2, -0.15) is 9.71 Å². The van der Waals surface area contributed by atoms with Crippen LogP contribution in [0.5, 0.6) is 0 Å². The first-order chi connectivity index (χ1) is 13.5. The second-order valence-electron chi connectivity index (χ2n) is 5.86. The maximum atomic E-state index is 12.1. The summed E-state index contributed by atoms with van der Waals surface area (Å²) < 4.78 is 36.3. The molecular formula is C19H19N3O5S. The molecule has 0 saturated heterocycles. The number of rotatable bonds is 8. The molecule has 146 valence electrons. The first kappa shape index (κ1) is 19.7. The monoisotopic (exact) mass is 401 g/mol. The van der Waals surface area contributed by atoms with Gasteiger partial charge in [0.25, 0.3) is 5.89 Å². The summed E-state index contributed by atoms with van der Waals surface area (Å²) in [5, 5.41) is 3.86. The minimum Gasteiger partial charge on any atom is -0.455 e. The summed E-state index contributed by atoms with van der Waals surface area (Å²) in [5.74, 6) is -0.251. The maximum absolute atomic E-state index is 12.1. The molecule has 1 N–H and O–H groups in total. The van der Waals surface area contributed by atoms with E-state index in [9.17, 15) is 13.2 Å². The van der Waals surface area contributed by atoms with Gasteiger partial charge < -0.3 is 9.26 Å². The molecule has 0 radical (unpaired) electrons. The molecule has 0 bridgehead atoms. The number of hydrogen-bond acceptors (Lipinski definition) is 7. The van der Waals surface area contributed by atoms with Crippen LogP contribution in [0.15, 0.2) is 64.0 Å². The number of nitrogens with zero attached hydrogens (tertiary/aromatic N) is 2. The lowest BCUT2D eigenvalue weighted by atomic mass is 10.1. The van der Waals surface area contributed by atoms with E-state index in [2.05, 4.69) is 21.8 Å². The molecule has 0 amide bonds. The highest BCUT2D eigenvalue weighted by molar-refractivity contribution is 7.89. The molecule has 2 aromatic carbocycles. The summed E-state index contributed by atoms with van der Waals surface area (Å²) in [7, 11) is -3.78. The number of benzene rings is 2. The van der Waals surface area contributed by atoms with Crippen molar-refractivity contribution < 1.29 is 22.5 Å². The van der Waals surface area contributed by atoms with Crippen LogP contribution < -0.4 is 4.72 Å². The van der Waals surface area contributed by atoms with Crippen LogP contribution in [-0.2, 0) is 32.6 Å². The summed E-state index contributed by atoms with van der Waals surface area (Å²) in [4.78, 5) is 16.0. The van der Waals surface area contributed by atoms with Crippen molar-refractivity contribution in [3.05, 3.63) is 66.1 Å². The van der Waals surface area contributed by atoms with Crippen LogP contribution >= 0.6 is 0 Å². The van der Waals surface area contributed by atoms with E-state index in [1.54, 1.807) is 18.2 Å². The number of sulfonamides is 1. The molecule has 0 aliphatic rings. The lowest BCUT2D eigenvalue weighted by Gasteiger charge is -2.06. The zero-order chi connectivity index (χ0) is 20.0. The van der Waals surface area contributed by atoms with Crippen LogP contribution in [0.2, 0.25) is 0 Å². The van der Waals surface area contributed by atoms with E-state index in [4.69, 9.17) is 9.26 Å². The van der Waals surface area contributed by atoms with Crippen LogP contribution in [0.4, 0.5) is 0 Å². The fourth-order valence-electron chi connectivity index (χ4n) is 2.35. The summed E-state index contributed by atoms with van der Waals surface area (Å²) in [6.45, 7) is 1.32. The Balaban J connectivity index is 1.51. The number of hydrogen-bond donors (Lipinski definition) is 1. The molecule has 0 fully saturated rings.